The van der Waals surface area contributed by atoms with Crippen LogP contribution in [-0.2, 0) is 4.79 Å². The van der Waals surface area contributed by atoms with Crippen LogP contribution in [0.15, 0.2) is 54.6 Å². The highest BCUT2D eigenvalue weighted by Gasteiger charge is 2.20. The van der Waals surface area contributed by atoms with Crippen LogP contribution in [-0.4, -0.2) is 43.1 Å². The normalized spacial score (nSPS) is 15.3. The fourth-order valence-corrected chi connectivity index (χ4v) is 3.22. The van der Waals surface area contributed by atoms with Crippen LogP contribution in [0.3, 0.4) is 0 Å². The van der Waals surface area contributed by atoms with Gasteiger partial charge in [0.25, 0.3) is 5.91 Å². The average Bonchev–Trinajstić information content (AvgIpc) is 3.20. The summed E-state index contributed by atoms with van der Waals surface area (Å²) in [4.78, 5) is 26.4. The van der Waals surface area contributed by atoms with E-state index >= 15 is 0 Å². The Labute approximate surface area is 157 Å². The van der Waals surface area contributed by atoms with E-state index in [-0.39, 0.29) is 25.2 Å². The lowest BCUT2D eigenvalue weighted by Crippen LogP contribution is -2.42. The van der Waals surface area contributed by atoms with E-state index in [0.29, 0.717) is 30.2 Å². The molecule has 2 aromatic rings. The van der Waals surface area contributed by atoms with Crippen molar-refractivity contribution in [2.45, 2.75) is 6.42 Å². The molecule has 2 heterocycles. The summed E-state index contributed by atoms with van der Waals surface area (Å²) >= 11 is 0. The van der Waals surface area contributed by atoms with Gasteiger partial charge in [-0.1, -0.05) is 36.4 Å². The van der Waals surface area contributed by atoms with Crippen LogP contribution in [0.5, 0.6) is 11.5 Å². The van der Waals surface area contributed by atoms with Crippen molar-refractivity contribution < 1.29 is 19.1 Å². The Kier molecular flexibility index (Phi) is 4.78. The standard InChI is InChI=1S/C21H20N2O4/c24-20(23-10-8-16(9-11-23)15-4-2-1-3-5-15)13-22-21(25)17-6-7-18-19(12-17)27-14-26-18/h1-8,12H,9-11,13-14H2,(H,22,25). The summed E-state index contributed by atoms with van der Waals surface area (Å²) in [7, 11) is 0. The minimum Gasteiger partial charge on any atom is -0.454 e. The largest absolute Gasteiger partial charge is 0.454 e. The van der Waals surface area contributed by atoms with Gasteiger partial charge < -0.3 is 19.7 Å². The van der Waals surface area contributed by atoms with Gasteiger partial charge in [-0.15, -0.1) is 0 Å². The van der Waals surface area contributed by atoms with Gasteiger partial charge in [0.2, 0.25) is 12.7 Å². The molecule has 2 amide bonds. The van der Waals surface area contributed by atoms with Gasteiger partial charge in [0.1, 0.15) is 0 Å². The van der Waals surface area contributed by atoms with E-state index in [1.54, 1.807) is 23.1 Å². The monoisotopic (exact) mass is 364 g/mol. The first-order chi connectivity index (χ1) is 13.2. The van der Waals surface area contributed by atoms with E-state index in [2.05, 4.69) is 23.5 Å². The Morgan fingerprint density at radius 2 is 1.85 bits per heavy atom. The molecule has 6 nitrogen and oxygen atoms in total. The van der Waals surface area contributed by atoms with Gasteiger partial charge in [0.05, 0.1) is 6.54 Å². The van der Waals surface area contributed by atoms with Crippen LogP contribution < -0.4 is 14.8 Å². The maximum atomic E-state index is 12.4. The minimum atomic E-state index is -0.306. The molecule has 0 saturated heterocycles. The molecular formula is C21H20N2O4. The SMILES string of the molecule is O=C(NCC(=O)N1CC=C(c2ccccc2)CC1)c1ccc2c(c1)OCO2. The molecule has 0 unspecified atom stereocenters. The van der Waals surface area contributed by atoms with Crippen LogP contribution in [0.1, 0.15) is 22.3 Å². The molecule has 27 heavy (non-hydrogen) atoms. The smallest absolute Gasteiger partial charge is 0.251 e. The van der Waals surface area contributed by atoms with Crippen LogP contribution >= 0.6 is 0 Å². The third-order valence-corrected chi connectivity index (χ3v) is 4.74. The van der Waals surface area contributed by atoms with Crippen molar-refractivity contribution in [1.82, 2.24) is 10.2 Å². The van der Waals surface area contributed by atoms with Gasteiger partial charge >= 0.3 is 0 Å². The topological polar surface area (TPSA) is 67.9 Å². The predicted octanol–water partition coefficient (Wildman–Crippen LogP) is 2.46. The summed E-state index contributed by atoms with van der Waals surface area (Å²) in [5.74, 6) is 0.771. The van der Waals surface area contributed by atoms with Crippen molar-refractivity contribution in [3.05, 3.63) is 65.7 Å². The van der Waals surface area contributed by atoms with Gasteiger partial charge in [0, 0.05) is 18.7 Å². The minimum absolute atomic E-state index is 0.0260. The molecule has 0 bridgehead atoms. The summed E-state index contributed by atoms with van der Waals surface area (Å²) in [5, 5.41) is 2.68. The second-order valence-corrected chi connectivity index (χ2v) is 6.44. The van der Waals surface area contributed by atoms with Crippen molar-refractivity contribution >= 4 is 17.4 Å². The third kappa shape index (κ3) is 3.79. The number of fused-ring (bicyclic) bond motifs is 1. The molecule has 0 aromatic heterocycles. The van der Waals surface area contributed by atoms with Gasteiger partial charge in [-0.3, -0.25) is 9.59 Å². The van der Waals surface area contributed by atoms with E-state index in [1.165, 1.54) is 11.1 Å². The summed E-state index contributed by atoms with van der Waals surface area (Å²) in [6.45, 7) is 1.34. The second kappa shape index (κ2) is 7.53. The van der Waals surface area contributed by atoms with E-state index in [1.807, 2.05) is 18.2 Å². The van der Waals surface area contributed by atoms with Crippen LogP contribution in [0.2, 0.25) is 0 Å². The molecule has 0 spiro atoms. The Balaban J connectivity index is 1.31. The fourth-order valence-electron chi connectivity index (χ4n) is 3.22. The van der Waals surface area contributed by atoms with E-state index in [0.717, 1.165) is 6.42 Å². The molecule has 0 aliphatic carbocycles. The summed E-state index contributed by atoms with van der Waals surface area (Å²) in [6.07, 6.45) is 2.89. The molecule has 138 valence electrons. The highest BCUT2D eigenvalue weighted by molar-refractivity contribution is 5.97. The molecular weight excluding hydrogens is 344 g/mol. The van der Waals surface area contributed by atoms with Crippen molar-refractivity contribution in [3.63, 3.8) is 0 Å². The quantitative estimate of drug-likeness (QED) is 0.905. The molecule has 1 N–H and O–H groups in total. The molecule has 0 radical (unpaired) electrons. The van der Waals surface area contributed by atoms with Crippen molar-refractivity contribution in [1.29, 1.82) is 0 Å². The van der Waals surface area contributed by atoms with Gasteiger partial charge in [-0.25, -0.2) is 0 Å². The zero-order valence-corrected chi connectivity index (χ0v) is 14.8. The van der Waals surface area contributed by atoms with Crippen molar-refractivity contribution in [3.8, 4) is 11.5 Å². The Morgan fingerprint density at radius 1 is 1.04 bits per heavy atom. The molecule has 2 aliphatic heterocycles. The number of rotatable bonds is 4. The van der Waals surface area contributed by atoms with Crippen LogP contribution in [0.4, 0.5) is 0 Å². The number of hydrogen-bond acceptors (Lipinski definition) is 4. The predicted molar refractivity (Wildman–Crippen MR) is 101 cm³/mol. The Hall–Kier alpha value is -3.28. The lowest BCUT2D eigenvalue weighted by molar-refractivity contribution is -0.129. The number of hydrogen-bond donors (Lipinski definition) is 1. The Morgan fingerprint density at radius 3 is 2.63 bits per heavy atom. The molecule has 0 atom stereocenters. The number of carbonyl (C=O) groups is 2. The van der Waals surface area contributed by atoms with E-state index in [9.17, 15) is 9.59 Å². The average molecular weight is 364 g/mol. The molecule has 0 fully saturated rings. The highest BCUT2D eigenvalue weighted by Crippen LogP contribution is 2.32. The Bertz CT molecular complexity index is 892. The maximum absolute atomic E-state index is 12.4. The lowest BCUT2D eigenvalue weighted by atomic mass is 9.99. The number of amides is 2. The van der Waals surface area contributed by atoms with Gasteiger partial charge in [-0.2, -0.15) is 0 Å². The molecule has 0 saturated carbocycles. The number of nitrogens with zero attached hydrogens (tertiary/aromatic N) is 1. The fraction of sp³-hybridized carbons (Fsp3) is 0.238. The number of carbonyl (C=O) groups excluding carboxylic acids is 2. The molecule has 2 aliphatic rings. The molecule has 2 aromatic carbocycles. The first-order valence-corrected chi connectivity index (χ1v) is 8.91. The van der Waals surface area contributed by atoms with Crippen LogP contribution in [0, 0.1) is 0 Å². The number of benzene rings is 2. The lowest BCUT2D eigenvalue weighted by Gasteiger charge is -2.26. The van der Waals surface area contributed by atoms with Crippen LogP contribution in [0.25, 0.3) is 5.57 Å². The first kappa shape index (κ1) is 17.1. The van der Waals surface area contributed by atoms with Crippen molar-refractivity contribution in [2.24, 2.45) is 0 Å². The van der Waals surface area contributed by atoms with Crippen molar-refractivity contribution in [2.75, 3.05) is 26.4 Å². The first-order valence-electron chi connectivity index (χ1n) is 8.91. The summed E-state index contributed by atoms with van der Waals surface area (Å²) in [6, 6.07) is 15.1. The zero-order chi connectivity index (χ0) is 18.6. The molecule has 4 rings (SSSR count). The van der Waals surface area contributed by atoms with E-state index in [4.69, 9.17) is 9.47 Å². The van der Waals surface area contributed by atoms with Gasteiger partial charge in [-0.05, 0) is 35.8 Å². The molecule has 6 heteroatoms. The number of ether oxygens (including phenoxy) is 2. The highest BCUT2D eigenvalue weighted by atomic mass is 16.7. The summed E-state index contributed by atoms with van der Waals surface area (Å²) < 4.78 is 10.5. The van der Waals surface area contributed by atoms with E-state index < -0.39 is 0 Å². The van der Waals surface area contributed by atoms with Gasteiger partial charge in [0.15, 0.2) is 11.5 Å². The maximum Gasteiger partial charge on any atom is 0.251 e. The third-order valence-electron chi connectivity index (χ3n) is 4.74. The zero-order valence-electron chi connectivity index (χ0n) is 14.8. The summed E-state index contributed by atoms with van der Waals surface area (Å²) in [5.41, 5.74) is 2.89. The second-order valence-electron chi connectivity index (χ2n) is 6.44. The number of nitrogens with one attached hydrogen (secondary N) is 1.